The molecular weight excluding hydrogens is 625 g/mol. The first-order valence-corrected chi connectivity index (χ1v) is 15.3. The van der Waals surface area contributed by atoms with Crippen LogP contribution in [0, 0.1) is 0 Å². The van der Waals surface area contributed by atoms with Gasteiger partial charge in [0.25, 0.3) is 5.91 Å². The first-order chi connectivity index (χ1) is 21.6. The van der Waals surface area contributed by atoms with Crippen molar-refractivity contribution in [2.75, 3.05) is 13.1 Å². The molecule has 3 heterocycles. The predicted molar refractivity (Wildman–Crippen MR) is 161 cm³/mol. The van der Waals surface area contributed by atoms with Crippen LogP contribution >= 0.6 is 11.3 Å². The standard InChI is InChI=1S/C32H29F3N4O6S/c1-30(2,3)44-29(43)37-31(28(41)42)13-14-39(16-31)27(40)19-9-11-20-18(15-19)10-12-21-25(20)46-26(36-21)24-22(32(33,34)35)23(38-45-24)17-7-5-4-6-8-17/h4-9,11,15H,10,12-14,16H2,1-3H3,(H,37,43)(H,41,42). The van der Waals surface area contributed by atoms with E-state index in [0.717, 1.165) is 22.5 Å². The molecule has 2 aromatic heterocycles. The Balaban J connectivity index is 1.25. The fourth-order valence-electron chi connectivity index (χ4n) is 5.72. The average molecular weight is 655 g/mol. The molecule has 10 nitrogen and oxygen atoms in total. The molecule has 2 aliphatic rings. The van der Waals surface area contributed by atoms with Crippen LogP contribution < -0.4 is 5.32 Å². The number of fused-ring (bicyclic) bond motifs is 3. The molecule has 2 N–H and O–H groups in total. The average Bonchev–Trinajstić information content (AvgIpc) is 3.73. The number of nitrogens with zero attached hydrogens (tertiary/aromatic N) is 3. The SMILES string of the molecule is CC(C)(C)OC(=O)NC1(C(=O)O)CCN(C(=O)c2ccc3c(c2)CCc2nc(-c4onc(-c5ccccc5)c4C(F)(F)F)sc2-3)C1. The van der Waals surface area contributed by atoms with Crippen molar-refractivity contribution in [1.82, 2.24) is 20.4 Å². The summed E-state index contributed by atoms with van der Waals surface area (Å²) < 4.78 is 53.4. The van der Waals surface area contributed by atoms with Crippen LogP contribution in [0.4, 0.5) is 18.0 Å². The van der Waals surface area contributed by atoms with Gasteiger partial charge in [0, 0.05) is 24.1 Å². The van der Waals surface area contributed by atoms with Gasteiger partial charge in [-0.25, -0.2) is 14.6 Å². The number of aliphatic carboxylic acids is 1. The molecule has 1 fully saturated rings. The number of carboxylic acid groups (broad SMARTS) is 1. The smallest absolute Gasteiger partial charge is 0.422 e. The number of benzene rings is 2. The summed E-state index contributed by atoms with van der Waals surface area (Å²) in [7, 11) is 0. The van der Waals surface area contributed by atoms with Gasteiger partial charge in [-0.3, -0.25) is 4.79 Å². The molecule has 240 valence electrons. The Kier molecular flexibility index (Phi) is 7.66. The molecule has 0 bridgehead atoms. The lowest BCUT2D eigenvalue weighted by atomic mass is 9.92. The molecule has 1 aliphatic heterocycles. The van der Waals surface area contributed by atoms with Gasteiger partial charge in [0.1, 0.15) is 16.9 Å². The first-order valence-electron chi connectivity index (χ1n) is 14.4. The molecule has 6 rings (SSSR count). The zero-order valence-corrected chi connectivity index (χ0v) is 25.8. The van der Waals surface area contributed by atoms with Crippen LogP contribution in [0.3, 0.4) is 0 Å². The quantitative estimate of drug-likeness (QED) is 0.251. The van der Waals surface area contributed by atoms with Crippen LogP contribution in [0.25, 0.3) is 32.5 Å². The van der Waals surface area contributed by atoms with E-state index in [2.05, 4.69) is 15.5 Å². The summed E-state index contributed by atoms with van der Waals surface area (Å²) in [6.07, 6.45) is -4.71. The van der Waals surface area contributed by atoms with Gasteiger partial charge in [-0.2, -0.15) is 13.2 Å². The van der Waals surface area contributed by atoms with Crippen molar-refractivity contribution >= 4 is 29.3 Å². The van der Waals surface area contributed by atoms with E-state index in [1.165, 1.54) is 17.0 Å². The number of hydrogen-bond donors (Lipinski definition) is 2. The van der Waals surface area contributed by atoms with Crippen molar-refractivity contribution in [2.24, 2.45) is 0 Å². The van der Waals surface area contributed by atoms with Crippen LogP contribution in [0.5, 0.6) is 0 Å². The molecule has 4 aromatic rings. The number of alkyl carbamates (subject to hydrolysis) is 1. The minimum absolute atomic E-state index is 0.00119. The van der Waals surface area contributed by atoms with E-state index in [9.17, 15) is 32.7 Å². The third-order valence-electron chi connectivity index (χ3n) is 7.85. The van der Waals surface area contributed by atoms with Crippen LogP contribution in [0.2, 0.25) is 0 Å². The summed E-state index contributed by atoms with van der Waals surface area (Å²) >= 11 is 1.06. The van der Waals surface area contributed by atoms with E-state index in [1.54, 1.807) is 57.2 Å². The molecule has 0 radical (unpaired) electrons. The Hall–Kier alpha value is -4.72. The number of nitrogens with one attached hydrogen (secondary N) is 1. The summed E-state index contributed by atoms with van der Waals surface area (Å²) in [4.78, 5) is 44.6. The van der Waals surface area contributed by atoms with Gasteiger partial charge < -0.3 is 24.6 Å². The number of ether oxygens (including phenoxy) is 1. The maximum absolute atomic E-state index is 14.3. The number of hydrogen-bond acceptors (Lipinski definition) is 8. The highest BCUT2D eigenvalue weighted by atomic mass is 32.1. The fourth-order valence-corrected chi connectivity index (χ4v) is 6.88. The minimum Gasteiger partial charge on any atom is -0.479 e. The first kappa shape index (κ1) is 31.3. The lowest BCUT2D eigenvalue weighted by Crippen LogP contribution is -2.57. The summed E-state index contributed by atoms with van der Waals surface area (Å²) in [5, 5.41) is 16.2. The molecule has 0 saturated carbocycles. The normalized spacial score (nSPS) is 17.7. The minimum atomic E-state index is -4.74. The van der Waals surface area contributed by atoms with E-state index >= 15 is 0 Å². The number of carbonyl (C=O) groups excluding carboxylic acids is 2. The van der Waals surface area contributed by atoms with Crippen LogP contribution in [0.1, 0.15) is 54.4 Å². The lowest BCUT2D eigenvalue weighted by molar-refractivity contribution is -0.144. The fraction of sp³-hybridized carbons (Fsp3) is 0.344. The zero-order valence-electron chi connectivity index (χ0n) is 25.0. The Morgan fingerprint density at radius 1 is 1.09 bits per heavy atom. The Morgan fingerprint density at radius 3 is 2.50 bits per heavy atom. The molecular formula is C32H29F3N4O6S. The number of alkyl halides is 3. The van der Waals surface area contributed by atoms with Gasteiger partial charge in [-0.1, -0.05) is 41.6 Å². The van der Waals surface area contributed by atoms with E-state index < -0.39 is 46.6 Å². The number of aromatic nitrogens is 2. The second-order valence-corrected chi connectivity index (χ2v) is 13.3. The molecule has 1 unspecified atom stereocenters. The third kappa shape index (κ3) is 5.84. The topological polar surface area (TPSA) is 135 Å². The maximum atomic E-state index is 14.3. The highest BCUT2D eigenvalue weighted by Crippen LogP contribution is 2.47. The number of halogens is 3. The predicted octanol–water partition coefficient (Wildman–Crippen LogP) is 6.44. The number of likely N-dealkylation sites (tertiary alicyclic amines) is 1. The Morgan fingerprint density at radius 2 is 1.83 bits per heavy atom. The van der Waals surface area contributed by atoms with Crippen LogP contribution in [-0.4, -0.2) is 62.3 Å². The third-order valence-corrected chi connectivity index (χ3v) is 8.98. The second-order valence-electron chi connectivity index (χ2n) is 12.3. The lowest BCUT2D eigenvalue weighted by Gasteiger charge is -2.28. The highest BCUT2D eigenvalue weighted by Gasteiger charge is 2.48. The van der Waals surface area contributed by atoms with Gasteiger partial charge in [-0.05, 0) is 56.9 Å². The van der Waals surface area contributed by atoms with E-state index in [1.807, 2.05) is 0 Å². The van der Waals surface area contributed by atoms with Gasteiger partial charge in [-0.15, -0.1) is 11.3 Å². The number of aryl methyl sites for hydroxylation is 2. The van der Waals surface area contributed by atoms with Gasteiger partial charge in [0.05, 0.1) is 17.1 Å². The van der Waals surface area contributed by atoms with Crippen molar-refractivity contribution < 1.29 is 41.9 Å². The van der Waals surface area contributed by atoms with Crippen molar-refractivity contribution in [2.45, 2.75) is 57.3 Å². The summed E-state index contributed by atoms with van der Waals surface area (Å²) in [5.41, 5.74) is -1.06. The number of thiazole rings is 1. The number of carboxylic acids is 1. The molecule has 1 atom stereocenters. The molecule has 14 heteroatoms. The summed E-state index contributed by atoms with van der Waals surface area (Å²) in [6.45, 7) is 4.83. The highest BCUT2D eigenvalue weighted by molar-refractivity contribution is 7.18. The number of carbonyl (C=O) groups is 3. The van der Waals surface area contributed by atoms with E-state index in [0.29, 0.717) is 29.0 Å². The van der Waals surface area contributed by atoms with Crippen LogP contribution in [0.15, 0.2) is 53.1 Å². The van der Waals surface area contributed by atoms with Gasteiger partial charge in [0.2, 0.25) is 5.76 Å². The number of rotatable bonds is 5. The maximum Gasteiger partial charge on any atom is 0.422 e. The van der Waals surface area contributed by atoms with Crippen molar-refractivity contribution in [3.8, 4) is 32.5 Å². The summed E-state index contributed by atoms with van der Waals surface area (Å²) in [6, 6.07) is 13.0. The van der Waals surface area contributed by atoms with Gasteiger partial charge in [0.15, 0.2) is 10.5 Å². The van der Waals surface area contributed by atoms with E-state index in [4.69, 9.17) is 9.26 Å². The van der Waals surface area contributed by atoms with E-state index in [-0.39, 0.29) is 35.8 Å². The molecule has 2 amide bonds. The second kappa shape index (κ2) is 11.3. The van der Waals surface area contributed by atoms with Gasteiger partial charge >= 0.3 is 18.2 Å². The molecule has 1 aliphatic carbocycles. The van der Waals surface area contributed by atoms with Crippen molar-refractivity contribution in [3.63, 3.8) is 0 Å². The molecule has 0 spiro atoms. The zero-order chi connectivity index (χ0) is 33.0. The molecule has 46 heavy (non-hydrogen) atoms. The van der Waals surface area contributed by atoms with Crippen molar-refractivity contribution in [1.29, 1.82) is 0 Å². The molecule has 1 saturated heterocycles. The van der Waals surface area contributed by atoms with Crippen LogP contribution in [-0.2, 0) is 28.5 Å². The molecule has 2 aromatic carbocycles. The number of amides is 2. The Labute approximate surface area is 265 Å². The largest absolute Gasteiger partial charge is 0.479 e. The monoisotopic (exact) mass is 654 g/mol. The van der Waals surface area contributed by atoms with Crippen molar-refractivity contribution in [3.05, 3.63) is 70.9 Å². The Bertz CT molecular complexity index is 1850. The summed E-state index contributed by atoms with van der Waals surface area (Å²) in [5.74, 6) is -2.13.